The summed E-state index contributed by atoms with van der Waals surface area (Å²) in [7, 11) is 0. The Morgan fingerprint density at radius 3 is 2.35 bits per heavy atom. The van der Waals surface area contributed by atoms with Crippen molar-refractivity contribution in [3.05, 3.63) is 29.2 Å². The van der Waals surface area contributed by atoms with Crippen molar-refractivity contribution in [1.82, 2.24) is 4.98 Å². The predicted molar refractivity (Wildman–Crippen MR) is 57.3 cm³/mol. The van der Waals surface area contributed by atoms with Crippen LogP contribution >= 0.6 is 0 Å². The fourth-order valence-electron chi connectivity index (χ4n) is 1.53. The van der Waals surface area contributed by atoms with Crippen LogP contribution in [0, 0.1) is 0 Å². The summed E-state index contributed by atoms with van der Waals surface area (Å²) in [5.74, 6) is -2.16. The van der Waals surface area contributed by atoms with E-state index in [9.17, 15) is 9.59 Å². The molecule has 6 nitrogen and oxygen atoms in total. The summed E-state index contributed by atoms with van der Waals surface area (Å²) in [6.07, 6.45) is 0.555. The summed E-state index contributed by atoms with van der Waals surface area (Å²) in [5.41, 5.74) is 0.0401. The first-order valence-electron chi connectivity index (χ1n) is 4.93. The van der Waals surface area contributed by atoms with E-state index < -0.39 is 11.9 Å². The first kappa shape index (κ1) is 11.1. The van der Waals surface area contributed by atoms with E-state index >= 15 is 0 Å². The van der Waals surface area contributed by atoms with Crippen LogP contribution in [0.25, 0.3) is 11.1 Å². The Labute approximate surface area is 95.5 Å². The molecule has 88 valence electrons. The predicted octanol–water partition coefficient (Wildman–Crippen LogP) is 1.79. The highest BCUT2D eigenvalue weighted by Crippen LogP contribution is 2.21. The molecular formula is C11H9NO5. The first-order chi connectivity index (χ1) is 8.02. The fourth-order valence-corrected chi connectivity index (χ4v) is 1.53. The second-order valence-electron chi connectivity index (χ2n) is 3.44. The molecule has 6 heteroatoms. The minimum Gasteiger partial charge on any atom is -0.478 e. The van der Waals surface area contributed by atoms with Gasteiger partial charge in [-0.1, -0.05) is 6.92 Å². The summed E-state index contributed by atoms with van der Waals surface area (Å²) >= 11 is 0. The van der Waals surface area contributed by atoms with Crippen molar-refractivity contribution in [3.8, 4) is 0 Å². The van der Waals surface area contributed by atoms with Gasteiger partial charge in [0.1, 0.15) is 5.52 Å². The van der Waals surface area contributed by atoms with Gasteiger partial charge in [0.15, 0.2) is 11.5 Å². The molecule has 0 saturated heterocycles. The van der Waals surface area contributed by atoms with E-state index in [0.29, 0.717) is 17.8 Å². The number of rotatable bonds is 3. The maximum absolute atomic E-state index is 10.9. The largest absolute Gasteiger partial charge is 0.478 e. The van der Waals surface area contributed by atoms with E-state index in [1.807, 2.05) is 6.92 Å². The van der Waals surface area contributed by atoms with E-state index in [2.05, 4.69) is 4.98 Å². The molecule has 0 spiro atoms. The van der Waals surface area contributed by atoms with Crippen LogP contribution in [-0.2, 0) is 6.42 Å². The standard InChI is InChI=1S/C11H9NO5/c1-2-9-12-7-3-5(10(13)14)6(11(15)16)4-8(7)17-9/h3-4H,2H2,1H3,(H,13,14)(H,15,16). The maximum Gasteiger partial charge on any atom is 0.336 e. The molecule has 17 heavy (non-hydrogen) atoms. The normalized spacial score (nSPS) is 10.6. The second-order valence-corrected chi connectivity index (χ2v) is 3.44. The van der Waals surface area contributed by atoms with E-state index in [1.54, 1.807) is 0 Å². The molecule has 1 heterocycles. The smallest absolute Gasteiger partial charge is 0.336 e. The summed E-state index contributed by atoms with van der Waals surface area (Å²) in [6, 6.07) is 2.40. The van der Waals surface area contributed by atoms with Crippen LogP contribution in [0.3, 0.4) is 0 Å². The molecule has 1 aromatic heterocycles. The Morgan fingerprint density at radius 1 is 1.24 bits per heavy atom. The molecule has 2 aromatic rings. The number of carboxylic acid groups (broad SMARTS) is 2. The highest BCUT2D eigenvalue weighted by molar-refractivity contribution is 6.04. The van der Waals surface area contributed by atoms with E-state index in [1.165, 1.54) is 12.1 Å². The van der Waals surface area contributed by atoms with Crippen LogP contribution in [0.1, 0.15) is 33.5 Å². The Balaban J connectivity index is 2.74. The van der Waals surface area contributed by atoms with Crippen molar-refractivity contribution in [2.24, 2.45) is 0 Å². The lowest BCUT2D eigenvalue weighted by atomic mass is 10.1. The van der Waals surface area contributed by atoms with Gasteiger partial charge in [0, 0.05) is 6.42 Å². The maximum atomic E-state index is 10.9. The minimum atomic E-state index is -1.31. The van der Waals surface area contributed by atoms with Gasteiger partial charge < -0.3 is 14.6 Å². The van der Waals surface area contributed by atoms with Gasteiger partial charge in [-0.25, -0.2) is 14.6 Å². The molecular weight excluding hydrogens is 226 g/mol. The van der Waals surface area contributed by atoms with Gasteiger partial charge in [-0.15, -0.1) is 0 Å². The Hall–Kier alpha value is -2.37. The highest BCUT2D eigenvalue weighted by atomic mass is 16.4. The minimum absolute atomic E-state index is 0.282. The van der Waals surface area contributed by atoms with Crippen molar-refractivity contribution in [1.29, 1.82) is 0 Å². The van der Waals surface area contributed by atoms with E-state index in [4.69, 9.17) is 14.6 Å². The van der Waals surface area contributed by atoms with Gasteiger partial charge in [0.25, 0.3) is 0 Å². The molecule has 0 amide bonds. The highest BCUT2D eigenvalue weighted by Gasteiger charge is 2.19. The molecule has 0 atom stereocenters. The van der Waals surface area contributed by atoms with Gasteiger partial charge in [0.2, 0.25) is 0 Å². The van der Waals surface area contributed by atoms with Crippen molar-refractivity contribution in [2.45, 2.75) is 13.3 Å². The number of aromatic carboxylic acids is 2. The number of benzene rings is 1. The number of hydrogen-bond acceptors (Lipinski definition) is 4. The third-order valence-electron chi connectivity index (χ3n) is 2.34. The second kappa shape index (κ2) is 3.89. The zero-order valence-electron chi connectivity index (χ0n) is 8.93. The van der Waals surface area contributed by atoms with Crippen molar-refractivity contribution in [3.63, 3.8) is 0 Å². The van der Waals surface area contributed by atoms with E-state index in [-0.39, 0.29) is 16.7 Å². The Morgan fingerprint density at radius 2 is 1.82 bits per heavy atom. The van der Waals surface area contributed by atoms with Crippen LogP contribution in [0.5, 0.6) is 0 Å². The van der Waals surface area contributed by atoms with Crippen LogP contribution in [0.15, 0.2) is 16.5 Å². The van der Waals surface area contributed by atoms with Crippen LogP contribution in [-0.4, -0.2) is 27.1 Å². The SMILES string of the molecule is CCc1nc2cc(C(=O)O)c(C(=O)O)cc2o1. The summed E-state index contributed by atoms with van der Waals surface area (Å²) < 4.78 is 5.28. The van der Waals surface area contributed by atoms with Gasteiger partial charge in [-0.2, -0.15) is 0 Å². The van der Waals surface area contributed by atoms with Gasteiger partial charge in [-0.05, 0) is 12.1 Å². The molecule has 0 saturated carbocycles. The summed E-state index contributed by atoms with van der Waals surface area (Å²) in [6.45, 7) is 1.83. The quantitative estimate of drug-likeness (QED) is 0.840. The Kier molecular flexibility index (Phi) is 2.55. The molecule has 2 N–H and O–H groups in total. The third-order valence-corrected chi connectivity index (χ3v) is 2.34. The Bertz CT molecular complexity index is 563. The zero-order valence-corrected chi connectivity index (χ0v) is 8.93. The number of carbonyl (C=O) groups is 2. The van der Waals surface area contributed by atoms with Gasteiger partial charge in [0.05, 0.1) is 11.1 Å². The zero-order chi connectivity index (χ0) is 12.6. The van der Waals surface area contributed by atoms with Crippen LogP contribution in [0.2, 0.25) is 0 Å². The number of oxazole rings is 1. The lowest BCUT2D eigenvalue weighted by Crippen LogP contribution is -2.07. The number of hydrogen-bond donors (Lipinski definition) is 2. The molecule has 1 aromatic carbocycles. The average Bonchev–Trinajstić information content (AvgIpc) is 2.68. The summed E-state index contributed by atoms with van der Waals surface area (Å²) in [5, 5.41) is 17.8. The topological polar surface area (TPSA) is 101 Å². The average molecular weight is 235 g/mol. The summed E-state index contributed by atoms with van der Waals surface area (Å²) in [4.78, 5) is 25.9. The van der Waals surface area contributed by atoms with Crippen molar-refractivity contribution < 1.29 is 24.2 Å². The first-order valence-corrected chi connectivity index (χ1v) is 4.93. The van der Waals surface area contributed by atoms with Crippen LogP contribution < -0.4 is 0 Å². The molecule has 0 fully saturated rings. The monoisotopic (exact) mass is 235 g/mol. The fraction of sp³-hybridized carbons (Fsp3) is 0.182. The van der Waals surface area contributed by atoms with Crippen molar-refractivity contribution in [2.75, 3.05) is 0 Å². The molecule has 2 rings (SSSR count). The number of carboxylic acids is 2. The molecule has 0 radical (unpaired) electrons. The van der Waals surface area contributed by atoms with Crippen LogP contribution in [0.4, 0.5) is 0 Å². The molecule has 0 bridgehead atoms. The molecule has 0 aliphatic rings. The van der Waals surface area contributed by atoms with Gasteiger partial charge in [-0.3, -0.25) is 0 Å². The number of fused-ring (bicyclic) bond motifs is 1. The number of nitrogens with zero attached hydrogens (tertiary/aromatic N) is 1. The van der Waals surface area contributed by atoms with E-state index in [0.717, 1.165) is 0 Å². The number of aromatic nitrogens is 1. The van der Waals surface area contributed by atoms with Crippen molar-refractivity contribution >= 4 is 23.0 Å². The lowest BCUT2D eigenvalue weighted by Gasteiger charge is -1.99. The molecule has 0 unspecified atom stereocenters. The number of aryl methyl sites for hydroxylation is 1. The molecule has 0 aliphatic heterocycles. The molecule has 0 aliphatic carbocycles. The third kappa shape index (κ3) is 1.84. The lowest BCUT2D eigenvalue weighted by molar-refractivity contribution is 0.0652. The van der Waals surface area contributed by atoms with Gasteiger partial charge >= 0.3 is 11.9 Å².